The monoisotopic (exact) mass is 192 g/mol. The van der Waals surface area contributed by atoms with Crippen LogP contribution in [-0.2, 0) is 4.74 Å². The molecule has 1 atom stereocenters. The van der Waals surface area contributed by atoms with E-state index in [1.807, 2.05) is 0 Å². The van der Waals surface area contributed by atoms with Gasteiger partial charge in [-0.1, -0.05) is 0 Å². The molecule has 0 N–H and O–H groups in total. The number of aromatic nitrogens is 2. The molecule has 2 heterocycles. The maximum atomic E-state index is 10.5. The lowest BCUT2D eigenvalue weighted by Crippen LogP contribution is -2.18. The van der Waals surface area contributed by atoms with Crippen molar-refractivity contribution >= 4 is 6.29 Å². The average molecular weight is 192 g/mol. The van der Waals surface area contributed by atoms with Gasteiger partial charge in [-0.05, 0) is 18.9 Å². The van der Waals surface area contributed by atoms with Crippen LogP contribution in [0.1, 0.15) is 35.1 Å². The third-order valence-electron chi connectivity index (χ3n) is 2.34. The quantitative estimate of drug-likeness (QED) is 0.660. The van der Waals surface area contributed by atoms with Gasteiger partial charge in [0.1, 0.15) is 11.5 Å². The minimum atomic E-state index is 0.253. The second kappa shape index (κ2) is 4.28. The van der Waals surface area contributed by atoms with Gasteiger partial charge in [-0.3, -0.25) is 4.79 Å². The molecule has 0 bridgehead atoms. The molecule has 1 fully saturated rings. The van der Waals surface area contributed by atoms with Gasteiger partial charge in [0, 0.05) is 18.7 Å². The number of ether oxygens (including phenoxy) is 1. The third-order valence-corrected chi connectivity index (χ3v) is 2.34. The minimum absolute atomic E-state index is 0.253. The van der Waals surface area contributed by atoms with E-state index in [1.54, 1.807) is 12.3 Å². The molecule has 1 saturated heterocycles. The van der Waals surface area contributed by atoms with E-state index in [9.17, 15) is 4.79 Å². The van der Waals surface area contributed by atoms with Gasteiger partial charge < -0.3 is 4.74 Å². The zero-order valence-electron chi connectivity index (χ0n) is 7.85. The first-order valence-electron chi connectivity index (χ1n) is 4.76. The predicted octanol–water partition coefficient (Wildman–Crippen LogP) is 1.18. The molecule has 1 aliphatic heterocycles. The summed E-state index contributed by atoms with van der Waals surface area (Å²) in [6.07, 6.45) is 4.46. The molecule has 0 saturated carbocycles. The van der Waals surface area contributed by atoms with E-state index in [1.165, 1.54) is 0 Å². The first-order valence-corrected chi connectivity index (χ1v) is 4.76. The van der Waals surface area contributed by atoms with Crippen molar-refractivity contribution in [1.29, 1.82) is 0 Å². The average Bonchev–Trinajstić information content (AvgIpc) is 2.30. The first-order chi connectivity index (χ1) is 6.90. The SMILES string of the molecule is O=Cc1ccnc(C2CCCOC2)n1. The third kappa shape index (κ3) is 1.96. The number of aldehydes is 1. The number of hydrogen-bond acceptors (Lipinski definition) is 4. The van der Waals surface area contributed by atoms with Crippen LogP contribution in [0.2, 0.25) is 0 Å². The van der Waals surface area contributed by atoms with Gasteiger partial charge in [0.2, 0.25) is 0 Å². The molecule has 1 aliphatic rings. The highest BCUT2D eigenvalue weighted by Crippen LogP contribution is 2.21. The van der Waals surface area contributed by atoms with Crippen molar-refractivity contribution in [3.63, 3.8) is 0 Å². The van der Waals surface area contributed by atoms with Crippen molar-refractivity contribution in [2.45, 2.75) is 18.8 Å². The van der Waals surface area contributed by atoms with Crippen molar-refractivity contribution in [3.05, 3.63) is 23.8 Å². The van der Waals surface area contributed by atoms with Crippen LogP contribution in [0, 0.1) is 0 Å². The molecule has 1 aromatic heterocycles. The van der Waals surface area contributed by atoms with E-state index in [4.69, 9.17) is 4.74 Å². The molecule has 74 valence electrons. The van der Waals surface area contributed by atoms with Crippen LogP contribution < -0.4 is 0 Å². The van der Waals surface area contributed by atoms with E-state index in [-0.39, 0.29) is 5.92 Å². The lowest BCUT2D eigenvalue weighted by molar-refractivity contribution is 0.0779. The summed E-state index contributed by atoms with van der Waals surface area (Å²) in [5, 5.41) is 0. The Balaban J connectivity index is 2.17. The Kier molecular flexibility index (Phi) is 2.84. The second-order valence-corrected chi connectivity index (χ2v) is 3.37. The van der Waals surface area contributed by atoms with Gasteiger partial charge in [-0.15, -0.1) is 0 Å². The molecule has 1 aromatic rings. The Labute approximate surface area is 82.3 Å². The fourth-order valence-electron chi connectivity index (χ4n) is 1.60. The number of nitrogens with zero attached hydrogens (tertiary/aromatic N) is 2. The molecule has 0 aliphatic carbocycles. The summed E-state index contributed by atoms with van der Waals surface area (Å²) in [6.45, 7) is 1.49. The summed E-state index contributed by atoms with van der Waals surface area (Å²) in [7, 11) is 0. The Hall–Kier alpha value is -1.29. The van der Waals surface area contributed by atoms with Gasteiger partial charge in [0.15, 0.2) is 6.29 Å². The van der Waals surface area contributed by atoms with Crippen molar-refractivity contribution < 1.29 is 9.53 Å². The van der Waals surface area contributed by atoms with Crippen LogP contribution in [0.15, 0.2) is 12.3 Å². The molecule has 4 nitrogen and oxygen atoms in total. The van der Waals surface area contributed by atoms with Gasteiger partial charge >= 0.3 is 0 Å². The smallest absolute Gasteiger partial charge is 0.168 e. The summed E-state index contributed by atoms with van der Waals surface area (Å²) in [6, 6.07) is 1.61. The second-order valence-electron chi connectivity index (χ2n) is 3.37. The normalized spacial score (nSPS) is 21.9. The highest BCUT2D eigenvalue weighted by Gasteiger charge is 2.18. The number of hydrogen-bond donors (Lipinski definition) is 0. The van der Waals surface area contributed by atoms with Gasteiger partial charge in [0.25, 0.3) is 0 Å². The number of rotatable bonds is 2. The topological polar surface area (TPSA) is 52.1 Å². The standard InChI is InChI=1S/C10H12N2O2/c13-6-9-3-4-11-10(12-9)8-2-1-5-14-7-8/h3-4,6,8H,1-2,5,7H2. The molecule has 0 amide bonds. The fraction of sp³-hybridized carbons (Fsp3) is 0.500. The van der Waals surface area contributed by atoms with Gasteiger partial charge in [-0.2, -0.15) is 0 Å². The molecule has 0 aromatic carbocycles. The van der Waals surface area contributed by atoms with Crippen LogP contribution in [0.25, 0.3) is 0 Å². The molecule has 4 heteroatoms. The van der Waals surface area contributed by atoms with E-state index in [2.05, 4.69) is 9.97 Å². The van der Waals surface area contributed by atoms with Crippen LogP contribution in [-0.4, -0.2) is 29.5 Å². The zero-order chi connectivity index (χ0) is 9.80. The molecular formula is C10H12N2O2. The maximum absolute atomic E-state index is 10.5. The summed E-state index contributed by atoms with van der Waals surface area (Å²) in [5.74, 6) is 0.984. The van der Waals surface area contributed by atoms with E-state index >= 15 is 0 Å². The fourth-order valence-corrected chi connectivity index (χ4v) is 1.60. The lowest BCUT2D eigenvalue weighted by atomic mass is 10.0. The molecule has 0 spiro atoms. The molecule has 0 radical (unpaired) electrons. The van der Waals surface area contributed by atoms with Crippen LogP contribution in [0.3, 0.4) is 0 Å². The number of carbonyl (C=O) groups is 1. The summed E-state index contributed by atoms with van der Waals surface area (Å²) in [5.41, 5.74) is 0.445. The Morgan fingerprint density at radius 3 is 3.21 bits per heavy atom. The Morgan fingerprint density at radius 1 is 1.57 bits per heavy atom. The Bertz CT molecular complexity index is 322. The summed E-state index contributed by atoms with van der Waals surface area (Å²) in [4.78, 5) is 18.8. The Morgan fingerprint density at radius 2 is 2.50 bits per heavy atom. The van der Waals surface area contributed by atoms with E-state index in [0.717, 1.165) is 31.6 Å². The maximum Gasteiger partial charge on any atom is 0.168 e. The van der Waals surface area contributed by atoms with E-state index < -0.39 is 0 Å². The predicted molar refractivity (Wildman–Crippen MR) is 50.2 cm³/mol. The van der Waals surface area contributed by atoms with Crippen molar-refractivity contribution in [2.24, 2.45) is 0 Å². The van der Waals surface area contributed by atoms with Crippen molar-refractivity contribution in [2.75, 3.05) is 13.2 Å². The highest BCUT2D eigenvalue weighted by atomic mass is 16.5. The van der Waals surface area contributed by atoms with Gasteiger partial charge in [-0.25, -0.2) is 9.97 Å². The highest BCUT2D eigenvalue weighted by molar-refractivity contribution is 5.71. The van der Waals surface area contributed by atoms with Crippen LogP contribution in [0.5, 0.6) is 0 Å². The molecule has 2 rings (SSSR count). The first kappa shape index (κ1) is 9.27. The summed E-state index contributed by atoms with van der Waals surface area (Å²) >= 11 is 0. The molecule has 14 heavy (non-hydrogen) atoms. The lowest BCUT2D eigenvalue weighted by Gasteiger charge is -2.20. The van der Waals surface area contributed by atoms with Crippen LogP contribution >= 0.6 is 0 Å². The van der Waals surface area contributed by atoms with E-state index in [0.29, 0.717) is 12.3 Å². The molecular weight excluding hydrogens is 180 g/mol. The van der Waals surface area contributed by atoms with Crippen molar-refractivity contribution in [1.82, 2.24) is 9.97 Å². The minimum Gasteiger partial charge on any atom is -0.381 e. The zero-order valence-corrected chi connectivity index (χ0v) is 7.85. The summed E-state index contributed by atoms with van der Waals surface area (Å²) < 4.78 is 5.34. The molecule has 1 unspecified atom stereocenters. The number of carbonyl (C=O) groups excluding carboxylic acids is 1. The largest absolute Gasteiger partial charge is 0.381 e. The van der Waals surface area contributed by atoms with Crippen LogP contribution in [0.4, 0.5) is 0 Å². The van der Waals surface area contributed by atoms with Crippen molar-refractivity contribution in [3.8, 4) is 0 Å². The van der Waals surface area contributed by atoms with Gasteiger partial charge in [0.05, 0.1) is 6.61 Å².